The molecule has 3 N–H and O–H groups in total. The minimum Gasteiger partial charge on any atom is -0.479 e. The Kier molecular flexibility index (Phi) is 4.97. The highest BCUT2D eigenvalue weighted by Crippen LogP contribution is 2.38. The Labute approximate surface area is 178 Å². The number of aromatic amines is 1. The van der Waals surface area contributed by atoms with Crippen molar-refractivity contribution >= 4 is 16.9 Å². The van der Waals surface area contributed by atoms with Gasteiger partial charge in [-0.1, -0.05) is 6.92 Å². The molecule has 0 bridgehead atoms. The molecule has 1 aromatic carbocycles. The van der Waals surface area contributed by atoms with Crippen LogP contribution in [0.2, 0.25) is 0 Å². The van der Waals surface area contributed by atoms with Gasteiger partial charge in [-0.2, -0.15) is 0 Å². The number of benzene rings is 1. The highest BCUT2D eigenvalue weighted by molar-refractivity contribution is 5.91. The molecule has 0 unspecified atom stereocenters. The van der Waals surface area contributed by atoms with Crippen molar-refractivity contribution in [3.63, 3.8) is 0 Å². The predicted octanol–water partition coefficient (Wildman–Crippen LogP) is 3.83. The van der Waals surface area contributed by atoms with Gasteiger partial charge < -0.3 is 15.2 Å². The number of aliphatic carboxylic acids is 1. The molecule has 3 aromatic rings. The molecule has 162 valence electrons. The minimum atomic E-state index is -2.19. The molecule has 6 nitrogen and oxygen atoms in total. The van der Waals surface area contributed by atoms with E-state index in [2.05, 4.69) is 9.97 Å². The van der Waals surface area contributed by atoms with Crippen molar-refractivity contribution in [3.8, 4) is 11.4 Å². The van der Waals surface area contributed by atoms with Crippen LogP contribution in [0, 0.1) is 26.6 Å². The van der Waals surface area contributed by atoms with Crippen LogP contribution in [0.4, 0.5) is 4.39 Å². The number of H-pyrrole nitrogens is 1. The van der Waals surface area contributed by atoms with Crippen molar-refractivity contribution < 1.29 is 19.4 Å². The van der Waals surface area contributed by atoms with Crippen molar-refractivity contribution in [2.24, 2.45) is 0 Å². The minimum absolute atomic E-state index is 0.0342. The Morgan fingerprint density at radius 1 is 1.16 bits per heavy atom. The Bertz CT molecular complexity index is 1310. The number of hydrogen-bond donors (Lipinski definition) is 3. The van der Waals surface area contributed by atoms with Crippen LogP contribution in [-0.4, -0.2) is 26.2 Å². The summed E-state index contributed by atoms with van der Waals surface area (Å²) in [4.78, 5) is 31.9. The van der Waals surface area contributed by atoms with E-state index in [1.165, 1.54) is 19.1 Å². The maximum atomic E-state index is 14.6. The van der Waals surface area contributed by atoms with Gasteiger partial charge in [0.05, 0.1) is 16.9 Å². The van der Waals surface area contributed by atoms with Crippen molar-refractivity contribution in [3.05, 3.63) is 61.7 Å². The fourth-order valence-electron chi connectivity index (χ4n) is 4.72. The molecule has 31 heavy (non-hydrogen) atoms. The van der Waals surface area contributed by atoms with E-state index >= 15 is 0 Å². The standard InChI is InChI=1S/C24H25FN2O4/c1-5-24(31,23(29)30)16-9-19(27-22(28)13(16)4)21-12(3)15-8-6-7-14-11(2)17(25)10-18(26-21)20(14)15/h9-10,31H,5-8H2,1-4H3,(H,27,28)(H,29,30)/t24-/m0/s1. The van der Waals surface area contributed by atoms with Crippen LogP contribution in [0.25, 0.3) is 22.3 Å². The molecule has 2 heterocycles. The third-order valence-electron chi connectivity index (χ3n) is 6.68. The number of halogens is 1. The number of pyridine rings is 2. The lowest BCUT2D eigenvalue weighted by Crippen LogP contribution is -2.37. The van der Waals surface area contributed by atoms with Gasteiger partial charge in [-0.15, -0.1) is 0 Å². The lowest BCUT2D eigenvalue weighted by molar-refractivity contribution is -0.160. The summed E-state index contributed by atoms with van der Waals surface area (Å²) >= 11 is 0. The molecule has 0 amide bonds. The first-order valence-electron chi connectivity index (χ1n) is 10.4. The Morgan fingerprint density at radius 3 is 2.42 bits per heavy atom. The fraction of sp³-hybridized carbons (Fsp3) is 0.375. The Balaban J connectivity index is 2.05. The monoisotopic (exact) mass is 424 g/mol. The fourth-order valence-corrected chi connectivity index (χ4v) is 4.72. The number of aromatic nitrogens is 2. The van der Waals surface area contributed by atoms with Gasteiger partial charge in [-0.3, -0.25) is 4.79 Å². The van der Waals surface area contributed by atoms with E-state index in [-0.39, 0.29) is 23.4 Å². The third-order valence-corrected chi connectivity index (χ3v) is 6.68. The number of hydrogen-bond acceptors (Lipinski definition) is 4. The van der Waals surface area contributed by atoms with Gasteiger partial charge in [0.2, 0.25) is 0 Å². The predicted molar refractivity (Wildman–Crippen MR) is 116 cm³/mol. The summed E-state index contributed by atoms with van der Waals surface area (Å²) in [6, 6.07) is 2.90. The molecule has 7 heteroatoms. The van der Waals surface area contributed by atoms with Crippen LogP contribution < -0.4 is 5.56 Å². The van der Waals surface area contributed by atoms with Crippen LogP contribution in [0.3, 0.4) is 0 Å². The molecule has 0 radical (unpaired) electrons. The molecule has 4 rings (SSSR count). The molecule has 0 saturated carbocycles. The smallest absolute Gasteiger partial charge is 0.340 e. The average Bonchev–Trinajstić information content (AvgIpc) is 2.75. The highest BCUT2D eigenvalue weighted by Gasteiger charge is 2.38. The quantitative estimate of drug-likeness (QED) is 0.591. The van der Waals surface area contributed by atoms with Gasteiger partial charge in [0.15, 0.2) is 5.60 Å². The zero-order valence-corrected chi connectivity index (χ0v) is 18.0. The van der Waals surface area contributed by atoms with E-state index in [9.17, 15) is 24.2 Å². The number of nitrogens with zero attached hydrogens (tertiary/aromatic N) is 1. The van der Waals surface area contributed by atoms with Gasteiger partial charge in [0.1, 0.15) is 5.82 Å². The number of carboxylic acids is 1. The Morgan fingerprint density at radius 2 is 1.81 bits per heavy atom. The molecule has 1 aliphatic rings. The lowest BCUT2D eigenvalue weighted by atomic mass is 9.84. The number of carboxylic acid groups (broad SMARTS) is 1. The summed E-state index contributed by atoms with van der Waals surface area (Å²) in [5.74, 6) is -1.74. The topological polar surface area (TPSA) is 103 Å². The zero-order valence-electron chi connectivity index (χ0n) is 18.0. The zero-order chi connectivity index (χ0) is 22.7. The van der Waals surface area contributed by atoms with E-state index in [1.807, 2.05) is 6.92 Å². The summed E-state index contributed by atoms with van der Waals surface area (Å²) in [7, 11) is 0. The molecular formula is C24H25FN2O4. The van der Waals surface area contributed by atoms with Crippen molar-refractivity contribution in [1.82, 2.24) is 9.97 Å². The second-order valence-electron chi connectivity index (χ2n) is 8.34. The van der Waals surface area contributed by atoms with Gasteiger partial charge >= 0.3 is 5.97 Å². The van der Waals surface area contributed by atoms with Gasteiger partial charge in [-0.05, 0) is 74.8 Å². The second kappa shape index (κ2) is 7.27. The van der Waals surface area contributed by atoms with Crippen molar-refractivity contribution in [2.45, 2.75) is 59.0 Å². The highest BCUT2D eigenvalue weighted by atomic mass is 19.1. The summed E-state index contributed by atoms with van der Waals surface area (Å²) in [6.45, 7) is 6.72. The first-order chi connectivity index (χ1) is 14.6. The van der Waals surface area contributed by atoms with Crippen molar-refractivity contribution in [2.75, 3.05) is 0 Å². The van der Waals surface area contributed by atoms with E-state index in [0.29, 0.717) is 22.5 Å². The average molecular weight is 424 g/mol. The number of aliphatic hydroxyl groups is 1. The number of carbonyl (C=O) groups is 1. The molecule has 0 aliphatic heterocycles. The second-order valence-corrected chi connectivity index (χ2v) is 8.34. The van der Waals surface area contributed by atoms with Gasteiger partial charge in [-0.25, -0.2) is 14.2 Å². The summed E-state index contributed by atoms with van der Waals surface area (Å²) in [5.41, 5.74) is 2.31. The van der Waals surface area contributed by atoms with Crippen LogP contribution in [0.1, 0.15) is 53.1 Å². The van der Waals surface area contributed by atoms with Gasteiger partial charge in [0.25, 0.3) is 5.56 Å². The van der Waals surface area contributed by atoms with E-state index in [1.54, 1.807) is 13.8 Å². The van der Waals surface area contributed by atoms with Crippen LogP contribution in [0.5, 0.6) is 0 Å². The van der Waals surface area contributed by atoms with Crippen LogP contribution >= 0.6 is 0 Å². The summed E-state index contributed by atoms with van der Waals surface area (Å²) < 4.78 is 14.6. The van der Waals surface area contributed by atoms with E-state index < -0.39 is 17.1 Å². The molecule has 1 atom stereocenters. The number of rotatable bonds is 4. The first-order valence-corrected chi connectivity index (χ1v) is 10.4. The number of aryl methyl sites for hydroxylation is 2. The molecule has 1 aliphatic carbocycles. The SMILES string of the molecule is CC[C@@](O)(C(=O)O)c1cc(-c2nc3cc(F)c(C)c4c3c(c2C)CCC4)[nH]c(=O)c1C. The third kappa shape index (κ3) is 3.07. The van der Waals surface area contributed by atoms with Crippen molar-refractivity contribution in [1.29, 1.82) is 0 Å². The lowest BCUT2D eigenvalue weighted by Gasteiger charge is -2.25. The van der Waals surface area contributed by atoms with Gasteiger partial charge in [0, 0.05) is 22.6 Å². The molecule has 0 saturated heterocycles. The maximum Gasteiger partial charge on any atom is 0.340 e. The molecule has 0 fully saturated rings. The summed E-state index contributed by atoms with van der Waals surface area (Å²) in [5, 5.41) is 21.4. The largest absolute Gasteiger partial charge is 0.479 e. The van der Waals surface area contributed by atoms with Crippen LogP contribution in [-0.2, 0) is 23.2 Å². The van der Waals surface area contributed by atoms with E-state index in [4.69, 9.17) is 0 Å². The molecule has 2 aromatic heterocycles. The Hall–Kier alpha value is -3.06. The molecular weight excluding hydrogens is 399 g/mol. The van der Waals surface area contributed by atoms with E-state index in [0.717, 1.165) is 41.3 Å². The molecule has 0 spiro atoms. The maximum absolute atomic E-state index is 14.6. The van der Waals surface area contributed by atoms with Crippen LogP contribution in [0.15, 0.2) is 16.9 Å². The number of nitrogens with one attached hydrogen (secondary N) is 1. The summed E-state index contributed by atoms with van der Waals surface area (Å²) in [6.07, 6.45) is 2.39. The normalized spacial score (nSPS) is 15.2. The first kappa shape index (κ1) is 21.2.